The normalized spacial score (nSPS) is 16.5. The Morgan fingerprint density at radius 1 is 1.18 bits per heavy atom. The number of nitrogens with zero attached hydrogens (tertiary/aromatic N) is 1. The summed E-state index contributed by atoms with van der Waals surface area (Å²) in [4.78, 5) is 26.7. The average Bonchev–Trinajstić information content (AvgIpc) is 2.73. The molecule has 6 heteroatoms. The average molecular weight is 382 g/mol. The Morgan fingerprint density at radius 2 is 1.93 bits per heavy atom. The highest BCUT2D eigenvalue weighted by molar-refractivity contribution is 5.96. The van der Waals surface area contributed by atoms with Crippen LogP contribution in [0.3, 0.4) is 0 Å². The number of methoxy groups -OCH3 is 1. The number of para-hydroxylation sites is 1. The molecular weight excluding hydrogens is 356 g/mol. The molecule has 1 fully saturated rings. The molecule has 1 N–H and O–H groups in total. The molecule has 1 atom stereocenters. The van der Waals surface area contributed by atoms with Gasteiger partial charge in [0.2, 0.25) is 5.91 Å². The summed E-state index contributed by atoms with van der Waals surface area (Å²) in [6.45, 7) is 3.71. The highest BCUT2D eigenvalue weighted by Crippen LogP contribution is 2.19. The first-order valence-electron chi connectivity index (χ1n) is 9.49. The number of amides is 2. The molecule has 2 amide bonds. The van der Waals surface area contributed by atoms with Crippen LogP contribution in [0.1, 0.15) is 29.3 Å². The molecule has 1 saturated heterocycles. The van der Waals surface area contributed by atoms with E-state index in [0.717, 1.165) is 11.3 Å². The number of benzene rings is 2. The molecular formula is C22H26N2O4. The lowest BCUT2D eigenvalue weighted by molar-refractivity contribution is -0.116. The zero-order valence-corrected chi connectivity index (χ0v) is 16.3. The van der Waals surface area contributed by atoms with Crippen molar-refractivity contribution in [3.63, 3.8) is 0 Å². The molecule has 0 spiro atoms. The third-order valence-corrected chi connectivity index (χ3v) is 4.86. The van der Waals surface area contributed by atoms with Crippen molar-refractivity contribution in [2.24, 2.45) is 0 Å². The van der Waals surface area contributed by atoms with Crippen LogP contribution in [-0.2, 0) is 16.0 Å². The number of anilines is 1. The van der Waals surface area contributed by atoms with E-state index >= 15 is 0 Å². The molecule has 1 heterocycles. The molecule has 0 bridgehead atoms. The van der Waals surface area contributed by atoms with E-state index in [1.807, 2.05) is 36.1 Å². The van der Waals surface area contributed by atoms with Crippen molar-refractivity contribution in [3.8, 4) is 5.75 Å². The van der Waals surface area contributed by atoms with Gasteiger partial charge in [-0.05, 0) is 49.2 Å². The van der Waals surface area contributed by atoms with Gasteiger partial charge in [0.15, 0.2) is 0 Å². The van der Waals surface area contributed by atoms with Gasteiger partial charge in [-0.1, -0.05) is 18.2 Å². The fraction of sp³-hybridized carbons (Fsp3) is 0.364. The number of carbonyl (C=O) groups is 2. The number of hydrogen-bond donors (Lipinski definition) is 1. The first kappa shape index (κ1) is 19.9. The second kappa shape index (κ2) is 9.37. The molecule has 1 aliphatic rings. The lowest BCUT2D eigenvalue weighted by Gasteiger charge is -2.33. The Labute approximate surface area is 165 Å². The SMILES string of the molecule is COc1ccccc1CCC(=O)Nc1ccc(C(=O)N2CCOCC2C)cc1. The molecule has 1 aliphatic heterocycles. The summed E-state index contributed by atoms with van der Waals surface area (Å²) in [5, 5.41) is 2.88. The molecule has 2 aromatic rings. The van der Waals surface area contributed by atoms with Crippen LogP contribution in [0.5, 0.6) is 5.75 Å². The van der Waals surface area contributed by atoms with Crippen LogP contribution in [0.2, 0.25) is 0 Å². The quantitative estimate of drug-likeness (QED) is 0.834. The number of aryl methyl sites for hydroxylation is 1. The van der Waals surface area contributed by atoms with Gasteiger partial charge in [0.25, 0.3) is 5.91 Å². The molecule has 0 aromatic heterocycles. The summed E-state index contributed by atoms with van der Waals surface area (Å²) < 4.78 is 10.7. The number of nitrogens with one attached hydrogen (secondary N) is 1. The van der Waals surface area contributed by atoms with Crippen molar-refractivity contribution in [2.45, 2.75) is 25.8 Å². The Morgan fingerprint density at radius 3 is 2.64 bits per heavy atom. The van der Waals surface area contributed by atoms with Gasteiger partial charge in [-0.15, -0.1) is 0 Å². The zero-order chi connectivity index (χ0) is 19.9. The minimum Gasteiger partial charge on any atom is -0.496 e. The molecule has 0 saturated carbocycles. The van der Waals surface area contributed by atoms with Gasteiger partial charge in [-0.2, -0.15) is 0 Å². The number of ether oxygens (including phenoxy) is 2. The Bertz CT molecular complexity index is 820. The predicted octanol–water partition coefficient (Wildman–Crippen LogP) is 3.13. The fourth-order valence-corrected chi connectivity index (χ4v) is 3.27. The largest absolute Gasteiger partial charge is 0.496 e. The van der Waals surface area contributed by atoms with Gasteiger partial charge in [0.1, 0.15) is 5.75 Å². The van der Waals surface area contributed by atoms with Crippen molar-refractivity contribution < 1.29 is 19.1 Å². The fourth-order valence-electron chi connectivity index (χ4n) is 3.27. The summed E-state index contributed by atoms with van der Waals surface area (Å²) in [5.74, 6) is 0.701. The van der Waals surface area contributed by atoms with E-state index in [4.69, 9.17) is 9.47 Å². The van der Waals surface area contributed by atoms with Gasteiger partial charge in [0.05, 0.1) is 26.4 Å². The smallest absolute Gasteiger partial charge is 0.254 e. The van der Waals surface area contributed by atoms with E-state index in [1.165, 1.54) is 0 Å². The Hall–Kier alpha value is -2.86. The van der Waals surface area contributed by atoms with Gasteiger partial charge < -0.3 is 19.7 Å². The molecule has 1 unspecified atom stereocenters. The van der Waals surface area contributed by atoms with Crippen molar-refractivity contribution in [2.75, 3.05) is 32.2 Å². The topological polar surface area (TPSA) is 67.9 Å². The molecule has 2 aromatic carbocycles. The minimum atomic E-state index is -0.0771. The van der Waals surface area contributed by atoms with E-state index in [2.05, 4.69) is 5.32 Å². The molecule has 6 nitrogen and oxygen atoms in total. The lowest BCUT2D eigenvalue weighted by Crippen LogP contribution is -2.47. The van der Waals surface area contributed by atoms with Crippen LogP contribution in [0.25, 0.3) is 0 Å². The first-order chi connectivity index (χ1) is 13.6. The first-order valence-corrected chi connectivity index (χ1v) is 9.49. The summed E-state index contributed by atoms with van der Waals surface area (Å²) in [6.07, 6.45) is 0.952. The van der Waals surface area contributed by atoms with Crippen LogP contribution < -0.4 is 10.1 Å². The van der Waals surface area contributed by atoms with Crippen LogP contribution in [0, 0.1) is 0 Å². The summed E-state index contributed by atoms with van der Waals surface area (Å²) >= 11 is 0. The standard InChI is InChI=1S/C22H26N2O4/c1-16-15-28-14-13-24(16)22(26)18-7-10-19(11-8-18)23-21(25)12-9-17-5-3-4-6-20(17)27-2/h3-8,10-11,16H,9,12-15H2,1-2H3,(H,23,25). The summed E-state index contributed by atoms with van der Waals surface area (Å²) in [7, 11) is 1.62. The van der Waals surface area contributed by atoms with Gasteiger partial charge in [0, 0.05) is 24.2 Å². The van der Waals surface area contributed by atoms with E-state index in [-0.39, 0.29) is 17.9 Å². The van der Waals surface area contributed by atoms with Gasteiger partial charge >= 0.3 is 0 Å². The highest BCUT2D eigenvalue weighted by atomic mass is 16.5. The van der Waals surface area contributed by atoms with Crippen LogP contribution >= 0.6 is 0 Å². The Kier molecular flexibility index (Phi) is 6.66. The lowest BCUT2D eigenvalue weighted by atomic mass is 10.1. The highest BCUT2D eigenvalue weighted by Gasteiger charge is 2.24. The molecule has 3 rings (SSSR count). The van der Waals surface area contributed by atoms with Crippen LogP contribution in [0.15, 0.2) is 48.5 Å². The predicted molar refractivity (Wildman–Crippen MR) is 108 cm³/mol. The Balaban J connectivity index is 1.55. The molecule has 0 aliphatic carbocycles. The summed E-state index contributed by atoms with van der Waals surface area (Å²) in [6, 6.07) is 14.8. The van der Waals surface area contributed by atoms with Gasteiger partial charge in [-0.3, -0.25) is 9.59 Å². The van der Waals surface area contributed by atoms with E-state index in [9.17, 15) is 9.59 Å². The van der Waals surface area contributed by atoms with Crippen LogP contribution in [0.4, 0.5) is 5.69 Å². The maximum atomic E-state index is 12.6. The van der Waals surface area contributed by atoms with Crippen molar-refractivity contribution >= 4 is 17.5 Å². The summed E-state index contributed by atoms with van der Waals surface area (Å²) in [5.41, 5.74) is 2.29. The van der Waals surface area contributed by atoms with Crippen molar-refractivity contribution in [3.05, 3.63) is 59.7 Å². The zero-order valence-electron chi connectivity index (χ0n) is 16.3. The van der Waals surface area contributed by atoms with Crippen molar-refractivity contribution in [1.29, 1.82) is 0 Å². The second-order valence-electron chi connectivity index (χ2n) is 6.86. The van der Waals surface area contributed by atoms with Crippen LogP contribution in [-0.4, -0.2) is 49.6 Å². The van der Waals surface area contributed by atoms with E-state index < -0.39 is 0 Å². The molecule has 28 heavy (non-hydrogen) atoms. The third-order valence-electron chi connectivity index (χ3n) is 4.86. The maximum absolute atomic E-state index is 12.6. The van der Waals surface area contributed by atoms with E-state index in [1.54, 1.807) is 31.4 Å². The number of rotatable bonds is 6. The number of morpholine rings is 1. The second-order valence-corrected chi connectivity index (χ2v) is 6.86. The number of hydrogen-bond acceptors (Lipinski definition) is 4. The molecule has 0 radical (unpaired) electrons. The molecule has 148 valence electrons. The van der Waals surface area contributed by atoms with Gasteiger partial charge in [-0.25, -0.2) is 0 Å². The third kappa shape index (κ3) is 4.89. The minimum absolute atomic E-state index is 0.00940. The number of carbonyl (C=O) groups excluding carboxylic acids is 2. The maximum Gasteiger partial charge on any atom is 0.254 e. The van der Waals surface area contributed by atoms with E-state index in [0.29, 0.717) is 43.9 Å². The monoisotopic (exact) mass is 382 g/mol. The van der Waals surface area contributed by atoms with Crippen molar-refractivity contribution in [1.82, 2.24) is 4.90 Å².